The number of hydrogen-bond acceptors (Lipinski definition) is 6. The van der Waals surface area contributed by atoms with Gasteiger partial charge in [0, 0.05) is 5.75 Å². The Morgan fingerprint density at radius 2 is 2.10 bits per heavy atom. The summed E-state index contributed by atoms with van der Waals surface area (Å²) in [4.78, 5) is 30.1. The van der Waals surface area contributed by atoms with Crippen molar-refractivity contribution in [3.05, 3.63) is 17.8 Å². The summed E-state index contributed by atoms with van der Waals surface area (Å²) < 4.78 is 32.4. The molecule has 1 unspecified atom stereocenters. The van der Waals surface area contributed by atoms with E-state index in [9.17, 15) is 18.4 Å². The van der Waals surface area contributed by atoms with Gasteiger partial charge in [-0.2, -0.15) is 11.8 Å². The Balaban J connectivity index is 1.52. The summed E-state index contributed by atoms with van der Waals surface area (Å²) in [5.74, 6) is -1.52. The lowest BCUT2D eigenvalue weighted by Crippen LogP contribution is -2.56. The van der Waals surface area contributed by atoms with E-state index in [0.29, 0.717) is 30.4 Å². The second-order valence-corrected chi connectivity index (χ2v) is 9.27. The number of thioether (sulfide) groups is 1. The molecule has 3 heterocycles. The summed E-state index contributed by atoms with van der Waals surface area (Å²) in [6, 6.07) is 3.11. The molecule has 2 aliphatic heterocycles. The zero-order valence-corrected chi connectivity index (χ0v) is 16.8. The van der Waals surface area contributed by atoms with E-state index in [2.05, 4.69) is 10.3 Å². The molecule has 29 heavy (non-hydrogen) atoms. The minimum Gasteiger partial charge on any atom is -0.476 e. The van der Waals surface area contributed by atoms with Crippen LogP contribution in [0.3, 0.4) is 0 Å². The molecule has 1 aliphatic carbocycles. The van der Waals surface area contributed by atoms with E-state index in [0.717, 1.165) is 18.6 Å². The van der Waals surface area contributed by atoms with Gasteiger partial charge in [-0.25, -0.2) is 13.8 Å². The van der Waals surface area contributed by atoms with Crippen LogP contribution in [0.5, 0.6) is 5.88 Å². The maximum atomic E-state index is 13.3. The molecule has 1 saturated carbocycles. The van der Waals surface area contributed by atoms with Crippen LogP contribution in [0.2, 0.25) is 0 Å². The standard InChI is InChI=1S/C19H24F2N4O3S/c20-19(21)9-25(10-19)14-4-3-13(23-17(14)28-8-12-1-2-12)16(27)24-18(7-15(22)26)5-6-29-11-18/h3-4,12H,1-2,5-11H2,(H2,22,26)(H,24,27). The molecule has 0 bridgehead atoms. The molecule has 1 aromatic heterocycles. The molecule has 7 nitrogen and oxygen atoms in total. The smallest absolute Gasteiger partial charge is 0.282 e. The summed E-state index contributed by atoms with van der Waals surface area (Å²) >= 11 is 1.65. The van der Waals surface area contributed by atoms with Crippen LogP contribution in [-0.4, -0.2) is 59.5 Å². The fourth-order valence-corrected chi connectivity index (χ4v) is 4.99. The molecule has 2 amide bonds. The van der Waals surface area contributed by atoms with Gasteiger partial charge in [-0.15, -0.1) is 0 Å². The van der Waals surface area contributed by atoms with E-state index >= 15 is 0 Å². The molecule has 0 aromatic carbocycles. The lowest BCUT2D eigenvalue weighted by molar-refractivity contribution is -0.119. The molecule has 1 aromatic rings. The third kappa shape index (κ3) is 4.73. The van der Waals surface area contributed by atoms with Gasteiger partial charge in [0.05, 0.1) is 31.7 Å². The zero-order valence-electron chi connectivity index (χ0n) is 16.0. The second-order valence-electron chi connectivity index (χ2n) is 8.17. The van der Waals surface area contributed by atoms with E-state index in [1.165, 1.54) is 11.0 Å². The minimum atomic E-state index is -2.72. The van der Waals surface area contributed by atoms with Crippen LogP contribution in [0.15, 0.2) is 12.1 Å². The van der Waals surface area contributed by atoms with Crippen LogP contribution in [0.1, 0.15) is 36.2 Å². The quantitative estimate of drug-likeness (QED) is 0.658. The number of carbonyl (C=O) groups is 2. The molecular formula is C19H24F2N4O3S. The first-order chi connectivity index (χ1) is 13.8. The summed E-state index contributed by atoms with van der Waals surface area (Å²) in [6.45, 7) is -0.324. The molecule has 158 valence electrons. The van der Waals surface area contributed by atoms with E-state index in [1.54, 1.807) is 17.8 Å². The number of rotatable bonds is 8. The number of carbonyl (C=O) groups excluding carboxylic acids is 2. The van der Waals surface area contributed by atoms with Crippen molar-refractivity contribution in [1.29, 1.82) is 0 Å². The van der Waals surface area contributed by atoms with Gasteiger partial charge in [-0.3, -0.25) is 9.59 Å². The first-order valence-corrected chi connectivity index (χ1v) is 10.9. The molecule has 0 spiro atoms. The maximum Gasteiger partial charge on any atom is 0.282 e. The van der Waals surface area contributed by atoms with Crippen molar-refractivity contribution in [2.24, 2.45) is 11.7 Å². The van der Waals surface area contributed by atoms with E-state index in [4.69, 9.17) is 10.5 Å². The number of nitrogens with one attached hydrogen (secondary N) is 1. The summed E-state index contributed by atoms with van der Waals surface area (Å²) in [7, 11) is 0. The largest absolute Gasteiger partial charge is 0.476 e. The summed E-state index contributed by atoms with van der Waals surface area (Å²) in [6.07, 6.45) is 2.87. The second kappa shape index (κ2) is 7.62. The predicted molar refractivity (Wildman–Crippen MR) is 106 cm³/mol. The highest BCUT2D eigenvalue weighted by Gasteiger charge is 2.45. The third-order valence-electron chi connectivity index (χ3n) is 5.41. The highest BCUT2D eigenvalue weighted by Crippen LogP contribution is 2.38. The van der Waals surface area contributed by atoms with E-state index in [1.807, 2.05) is 0 Å². The normalized spacial score (nSPS) is 25.4. The van der Waals surface area contributed by atoms with Gasteiger partial charge in [-0.1, -0.05) is 0 Å². The monoisotopic (exact) mass is 426 g/mol. The van der Waals surface area contributed by atoms with Crippen LogP contribution < -0.4 is 20.7 Å². The number of primary amides is 1. The maximum absolute atomic E-state index is 13.3. The van der Waals surface area contributed by atoms with Crippen molar-refractivity contribution in [2.75, 3.05) is 36.1 Å². The first-order valence-electron chi connectivity index (χ1n) is 9.71. The Kier molecular flexibility index (Phi) is 5.30. The molecular weight excluding hydrogens is 402 g/mol. The average Bonchev–Trinajstić information content (AvgIpc) is 3.36. The molecule has 10 heteroatoms. The number of ether oxygens (including phenoxy) is 1. The summed E-state index contributed by atoms with van der Waals surface area (Å²) in [5.41, 5.74) is 5.29. The van der Waals surface area contributed by atoms with Crippen LogP contribution in [0.25, 0.3) is 0 Å². The van der Waals surface area contributed by atoms with Gasteiger partial charge < -0.3 is 20.7 Å². The Bertz CT molecular complexity index is 805. The number of pyridine rings is 1. The number of hydrogen-bond donors (Lipinski definition) is 2. The van der Waals surface area contributed by atoms with Crippen molar-refractivity contribution in [3.8, 4) is 5.88 Å². The average molecular weight is 426 g/mol. The third-order valence-corrected chi connectivity index (χ3v) is 6.65. The van der Waals surface area contributed by atoms with Crippen LogP contribution in [0.4, 0.5) is 14.5 Å². The van der Waals surface area contributed by atoms with Crippen LogP contribution in [-0.2, 0) is 4.79 Å². The highest BCUT2D eigenvalue weighted by atomic mass is 32.2. The molecule has 3 N–H and O–H groups in total. The fraction of sp³-hybridized carbons (Fsp3) is 0.632. The fourth-order valence-electron chi connectivity index (χ4n) is 3.60. The summed E-state index contributed by atoms with van der Waals surface area (Å²) in [5, 5.41) is 2.92. The van der Waals surface area contributed by atoms with Crippen LogP contribution in [0, 0.1) is 5.92 Å². The Morgan fingerprint density at radius 3 is 2.69 bits per heavy atom. The Labute approximate surface area is 171 Å². The van der Waals surface area contributed by atoms with Gasteiger partial charge in [0.25, 0.3) is 11.8 Å². The Hall–Kier alpha value is -2.10. The number of nitrogens with two attached hydrogens (primary N) is 1. The van der Waals surface area contributed by atoms with Crippen molar-refractivity contribution in [1.82, 2.24) is 10.3 Å². The number of aromatic nitrogens is 1. The predicted octanol–water partition coefficient (Wildman–Crippen LogP) is 1.81. The molecule has 4 rings (SSSR count). The van der Waals surface area contributed by atoms with Crippen LogP contribution >= 0.6 is 11.8 Å². The molecule has 0 radical (unpaired) electrons. The molecule has 1 atom stereocenters. The number of anilines is 1. The Morgan fingerprint density at radius 1 is 1.34 bits per heavy atom. The van der Waals surface area contributed by atoms with Crippen molar-refractivity contribution < 1.29 is 23.1 Å². The number of amides is 2. The van der Waals surface area contributed by atoms with Crippen molar-refractivity contribution in [3.63, 3.8) is 0 Å². The number of nitrogens with zero attached hydrogens (tertiary/aromatic N) is 2. The lowest BCUT2D eigenvalue weighted by Gasteiger charge is -2.40. The van der Waals surface area contributed by atoms with Gasteiger partial charge in [-0.05, 0) is 43.1 Å². The molecule has 3 aliphatic rings. The lowest BCUT2D eigenvalue weighted by atomic mass is 9.94. The van der Waals surface area contributed by atoms with Gasteiger partial charge in [0.15, 0.2) is 0 Å². The zero-order chi connectivity index (χ0) is 20.6. The molecule has 3 fully saturated rings. The SMILES string of the molecule is NC(=O)CC1(NC(=O)c2ccc(N3CC(F)(F)C3)c(OCC3CC3)n2)CCSC1. The molecule has 2 saturated heterocycles. The minimum absolute atomic E-state index is 0.0672. The van der Waals surface area contributed by atoms with Gasteiger partial charge in [0.2, 0.25) is 11.8 Å². The van der Waals surface area contributed by atoms with Crippen molar-refractivity contribution >= 4 is 29.3 Å². The van der Waals surface area contributed by atoms with Crippen molar-refractivity contribution in [2.45, 2.75) is 37.1 Å². The van der Waals surface area contributed by atoms with E-state index in [-0.39, 0.29) is 31.1 Å². The first kappa shape index (κ1) is 20.2. The highest BCUT2D eigenvalue weighted by molar-refractivity contribution is 7.99. The van der Waals surface area contributed by atoms with E-state index < -0.39 is 23.3 Å². The van der Waals surface area contributed by atoms with Gasteiger partial charge >= 0.3 is 0 Å². The number of halogens is 2. The topological polar surface area (TPSA) is 97.5 Å². The van der Waals surface area contributed by atoms with Gasteiger partial charge in [0.1, 0.15) is 11.4 Å². The number of alkyl halides is 2.